The number of aromatic nitrogens is 3. The summed E-state index contributed by atoms with van der Waals surface area (Å²) in [5.41, 5.74) is 2.17. The lowest BCUT2D eigenvalue weighted by Gasteiger charge is -2.09. The first-order valence-electron chi connectivity index (χ1n) is 5.41. The maximum atomic E-state index is 10.4. The lowest BCUT2D eigenvalue weighted by atomic mass is 10.2. The number of aryl methyl sites for hydroxylation is 1. The lowest BCUT2D eigenvalue weighted by Crippen LogP contribution is -2.01. The molecule has 18 heavy (non-hydrogen) atoms. The molecule has 2 rings (SSSR count). The summed E-state index contributed by atoms with van der Waals surface area (Å²) in [6, 6.07) is 3.56. The van der Waals surface area contributed by atoms with Gasteiger partial charge in [0, 0.05) is 7.05 Å². The molecule has 6 nitrogen and oxygen atoms in total. The second kappa shape index (κ2) is 4.87. The Morgan fingerprint density at radius 2 is 2.22 bits per heavy atom. The number of nitrogens with zero attached hydrogens (tertiary/aromatic N) is 3. The Bertz CT molecular complexity index is 577. The van der Waals surface area contributed by atoms with Gasteiger partial charge in [-0.05, 0) is 19.1 Å². The molecule has 94 valence electrons. The van der Waals surface area contributed by atoms with Crippen LogP contribution in [0.4, 0.5) is 5.69 Å². The number of ether oxygens (including phenoxy) is 1. The maximum absolute atomic E-state index is 10.4. The van der Waals surface area contributed by atoms with Crippen LogP contribution in [0.2, 0.25) is 0 Å². The van der Waals surface area contributed by atoms with Gasteiger partial charge in [-0.1, -0.05) is 0 Å². The SMILES string of the molecule is COc1nc(-c2cnc(C)n2C)ccc1NC=O. The van der Waals surface area contributed by atoms with Gasteiger partial charge in [-0.3, -0.25) is 4.79 Å². The van der Waals surface area contributed by atoms with E-state index in [4.69, 9.17) is 4.74 Å². The zero-order chi connectivity index (χ0) is 13.1. The summed E-state index contributed by atoms with van der Waals surface area (Å²) in [4.78, 5) is 19.0. The number of nitrogens with one attached hydrogen (secondary N) is 1. The van der Waals surface area contributed by atoms with Crippen LogP contribution < -0.4 is 10.1 Å². The Hall–Kier alpha value is -2.37. The molecule has 0 spiro atoms. The average Bonchev–Trinajstić information content (AvgIpc) is 2.71. The Kier molecular flexibility index (Phi) is 3.27. The first kappa shape index (κ1) is 12.1. The van der Waals surface area contributed by atoms with Crippen LogP contribution in [0.5, 0.6) is 5.88 Å². The predicted octanol–water partition coefficient (Wildman–Crippen LogP) is 1.37. The molecular formula is C12H14N4O2. The summed E-state index contributed by atoms with van der Waals surface area (Å²) in [5, 5.41) is 2.54. The van der Waals surface area contributed by atoms with Crippen LogP contribution in [0.3, 0.4) is 0 Å². The van der Waals surface area contributed by atoms with Gasteiger partial charge in [-0.25, -0.2) is 9.97 Å². The van der Waals surface area contributed by atoms with Gasteiger partial charge >= 0.3 is 0 Å². The van der Waals surface area contributed by atoms with Crippen molar-refractivity contribution >= 4 is 12.1 Å². The highest BCUT2D eigenvalue weighted by atomic mass is 16.5. The van der Waals surface area contributed by atoms with Crippen molar-refractivity contribution in [2.75, 3.05) is 12.4 Å². The van der Waals surface area contributed by atoms with E-state index in [9.17, 15) is 4.79 Å². The number of methoxy groups -OCH3 is 1. The van der Waals surface area contributed by atoms with Crippen molar-refractivity contribution in [2.24, 2.45) is 7.05 Å². The zero-order valence-corrected chi connectivity index (χ0v) is 10.5. The fourth-order valence-electron chi connectivity index (χ4n) is 1.65. The van der Waals surface area contributed by atoms with Crippen LogP contribution in [0, 0.1) is 6.92 Å². The molecule has 0 aliphatic carbocycles. The lowest BCUT2D eigenvalue weighted by molar-refractivity contribution is -0.105. The van der Waals surface area contributed by atoms with Gasteiger partial charge in [-0.2, -0.15) is 0 Å². The molecule has 0 bridgehead atoms. The number of pyridine rings is 1. The summed E-state index contributed by atoms with van der Waals surface area (Å²) < 4.78 is 7.08. The maximum Gasteiger partial charge on any atom is 0.238 e. The van der Waals surface area contributed by atoms with Crippen molar-refractivity contribution in [1.29, 1.82) is 0 Å². The van der Waals surface area contributed by atoms with Crippen LogP contribution in [-0.2, 0) is 11.8 Å². The summed E-state index contributed by atoms with van der Waals surface area (Å²) in [6.07, 6.45) is 2.34. The van der Waals surface area contributed by atoms with Crippen molar-refractivity contribution in [3.63, 3.8) is 0 Å². The quantitative estimate of drug-likeness (QED) is 0.827. The molecular weight excluding hydrogens is 232 g/mol. The smallest absolute Gasteiger partial charge is 0.238 e. The molecule has 0 fully saturated rings. The molecule has 1 amide bonds. The number of imidazole rings is 1. The number of carbonyl (C=O) groups is 1. The molecule has 0 unspecified atom stereocenters. The number of amides is 1. The average molecular weight is 246 g/mol. The van der Waals surface area contributed by atoms with E-state index in [1.54, 1.807) is 12.3 Å². The molecule has 1 N–H and O–H groups in total. The van der Waals surface area contributed by atoms with Crippen molar-refractivity contribution < 1.29 is 9.53 Å². The van der Waals surface area contributed by atoms with E-state index in [-0.39, 0.29) is 0 Å². The molecule has 0 saturated carbocycles. The first-order valence-corrected chi connectivity index (χ1v) is 5.41. The van der Waals surface area contributed by atoms with Crippen molar-refractivity contribution in [2.45, 2.75) is 6.92 Å². The summed E-state index contributed by atoms with van der Waals surface area (Å²) >= 11 is 0. The van der Waals surface area contributed by atoms with Crippen molar-refractivity contribution in [3.8, 4) is 17.3 Å². The van der Waals surface area contributed by atoms with Crippen LogP contribution in [0.25, 0.3) is 11.4 Å². The van der Waals surface area contributed by atoms with E-state index in [0.29, 0.717) is 18.0 Å². The van der Waals surface area contributed by atoms with E-state index in [1.807, 2.05) is 24.6 Å². The minimum absolute atomic E-state index is 0.374. The molecule has 0 saturated heterocycles. The largest absolute Gasteiger partial charge is 0.479 e. The van der Waals surface area contributed by atoms with Crippen LogP contribution in [-0.4, -0.2) is 28.1 Å². The van der Waals surface area contributed by atoms with Crippen LogP contribution >= 0.6 is 0 Å². The van der Waals surface area contributed by atoms with Crippen molar-refractivity contribution in [1.82, 2.24) is 14.5 Å². The molecule has 0 atom stereocenters. The van der Waals surface area contributed by atoms with Gasteiger partial charge in [0.1, 0.15) is 11.5 Å². The summed E-state index contributed by atoms with van der Waals surface area (Å²) in [6.45, 7) is 1.92. The van der Waals surface area contributed by atoms with Gasteiger partial charge in [0.2, 0.25) is 12.3 Å². The van der Waals surface area contributed by atoms with Crippen LogP contribution in [0.1, 0.15) is 5.82 Å². The molecule has 2 aromatic heterocycles. The topological polar surface area (TPSA) is 69.0 Å². The Balaban J connectivity index is 2.47. The minimum Gasteiger partial charge on any atom is -0.479 e. The highest BCUT2D eigenvalue weighted by Gasteiger charge is 2.11. The fraction of sp³-hybridized carbons (Fsp3) is 0.250. The summed E-state index contributed by atoms with van der Waals surface area (Å²) in [7, 11) is 3.43. The molecule has 0 aliphatic heterocycles. The number of hydrogen-bond donors (Lipinski definition) is 1. The van der Waals surface area contributed by atoms with E-state index in [0.717, 1.165) is 17.2 Å². The highest BCUT2D eigenvalue weighted by molar-refractivity contribution is 5.75. The predicted molar refractivity (Wildman–Crippen MR) is 67.4 cm³/mol. The van der Waals surface area contributed by atoms with Gasteiger partial charge in [-0.15, -0.1) is 0 Å². The molecule has 2 aromatic rings. The van der Waals surface area contributed by atoms with E-state index in [2.05, 4.69) is 15.3 Å². The number of carbonyl (C=O) groups excluding carboxylic acids is 1. The second-order valence-corrected chi connectivity index (χ2v) is 3.77. The van der Waals surface area contributed by atoms with E-state index in [1.165, 1.54) is 7.11 Å². The van der Waals surface area contributed by atoms with Gasteiger partial charge in [0.05, 0.1) is 24.7 Å². The third-order valence-electron chi connectivity index (χ3n) is 2.75. The van der Waals surface area contributed by atoms with Crippen LogP contribution in [0.15, 0.2) is 18.3 Å². The Labute approximate surface area is 105 Å². The number of rotatable bonds is 4. The molecule has 0 aliphatic rings. The van der Waals surface area contributed by atoms with E-state index >= 15 is 0 Å². The molecule has 0 radical (unpaired) electrons. The molecule has 6 heteroatoms. The normalized spacial score (nSPS) is 10.2. The fourth-order valence-corrected chi connectivity index (χ4v) is 1.65. The third-order valence-corrected chi connectivity index (χ3v) is 2.75. The van der Waals surface area contributed by atoms with Crippen molar-refractivity contribution in [3.05, 3.63) is 24.2 Å². The monoisotopic (exact) mass is 246 g/mol. The highest BCUT2D eigenvalue weighted by Crippen LogP contribution is 2.26. The minimum atomic E-state index is 0.374. The van der Waals surface area contributed by atoms with Gasteiger partial charge in [0.25, 0.3) is 0 Å². The Morgan fingerprint density at radius 1 is 1.44 bits per heavy atom. The number of anilines is 1. The number of hydrogen-bond acceptors (Lipinski definition) is 4. The first-order chi connectivity index (χ1) is 8.67. The van der Waals surface area contributed by atoms with Gasteiger partial charge in [0.15, 0.2) is 0 Å². The Morgan fingerprint density at radius 3 is 2.78 bits per heavy atom. The third kappa shape index (κ3) is 2.04. The van der Waals surface area contributed by atoms with Gasteiger partial charge < -0.3 is 14.6 Å². The summed E-state index contributed by atoms with van der Waals surface area (Å²) in [5.74, 6) is 1.28. The molecule has 2 heterocycles. The van der Waals surface area contributed by atoms with E-state index < -0.39 is 0 Å². The standard InChI is InChI=1S/C12H14N4O2/c1-8-13-6-11(16(8)2)9-4-5-10(14-7-17)12(15-9)18-3/h4-7H,1-3H3,(H,14,17). The zero-order valence-electron chi connectivity index (χ0n) is 10.5. The molecule has 0 aromatic carbocycles. The second-order valence-electron chi connectivity index (χ2n) is 3.77.